The summed E-state index contributed by atoms with van der Waals surface area (Å²) >= 11 is 1.55. The maximum atomic E-state index is 5.30. The van der Waals surface area contributed by atoms with Crippen molar-refractivity contribution in [3.8, 4) is 78.3 Å². The molecule has 13 rings (SSSR count). The summed E-state index contributed by atoms with van der Waals surface area (Å²) in [6, 6.07) is 72.4. The molecule has 0 saturated carbocycles. The first-order chi connectivity index (χ1) is 33.2. The number of para-hydroxylation sites is 4. The zero-order valence-electron chi connectivity index (χ0n) is 35.6. The van der Waals surface area contributed by atoms with Gasteiger partial charge in [-0.1, -0.05) is 193 Å². The molecule has 0 aliphatic heterocycles. The molecule has 0 N–H and O–H groups in total. The van der Waals surface area contributed by atoms with Crippen LogP contribution in [0.2, 0.25) is 0 Å². The Morgan fingerprint density at radius 2 is 0.687 bits per heavy atom. The van der Waals surface area contributed by atoms with Crippen molar-refractivity contribution in [1.29, 1.82) is 0 Å². The van der Waals surface area contributed by atoms with Crippen LogP contribution >= 0.6 is 11.3 Å². The molecule has 5 aromatic heterocycles. The molecule has 0 aliphatic rings. The van der Waals surface area contributed by atoms with Gasteiger partial charge in [-0.2, -0.15) is 9.97 Å². The van der Waals surface area contributed by atoms with Crippen LogP contribution in [0.5, 0.6) is 0 Å². The van der Waals surface area contributed by atoms with Gasteiger partial charge in [0.1, 0.15) is 10.0 Å². The van der Waals surface area contributed by atoms with Crippen LogP contribution in [0.4, 0.5) is 0 Å². The van der Waals surface area contributed by atoms with Crippen molar-refractivity contribution < 1.29 is 0 Å². The zero-order chi connectivity index (χ0) is 44.3. The first-order valence-corrected chi connectivity index (χ1v) is 22.8. The SMILES string of the molecule is c1ccc(-c2cc(-c3ccccc3)nc(-n3c4ccccc4c4cccc(-c5nnc(-c6cccc7c8ccccc8n(-c8nc(-c9ccccc9)nc(-c9ccccc9)n8)c67)s5)c43)n2)cc1. The minimum atomic E-state index is 0.512. The normalized spacial score (nSPS) is 11.6. The van der Waals surface area contributed by atoms with Crippen molar-refractivity contribution in [2.75, 3.05) is 0 Å². The maximum absolute atomic E-state index is 5.30. The quantitative estimate of drug-likeness (QED) is 0.150. The highest BCUT2D eigenvalue weighted by atomic mass is 32.1. The molecular weight excluding hydrogens is 843 g/mol. The van der Waals surface area contributed by atoms with E-state index in [1.807, 2.05) is 97.1 Å². The van der Waals surface area contributed by atoms with Crippen LogP contribution in [0.15, 0.2) is 212 Å². The fraction of sp³-hybridized carbons (Fsp3) is 0. The van der Waals surface area contributed by atoms with Crippen LogP contribution in [0.1, 0.15) is 0 Å². The van der Waals surface area contributed by atoms with Crippen LogP contribution in [0.25, 0.3) is 122 Å². The molecule has 0 spiro atoms. The zero-order valence-corrected chi connectivity index (χ0v) is 36.5. The molecule has 0 amide bonds. The number of nitrogens with zero attached hydrogens (tertiary/aromatic N) is 9. The van der Waals surface area contributed by atoms with Gasteiger partial charge in [-0.05, 0) is 30.3 Å². The van der Waals surface area contributed by atoms with Gasteiger partial charge in [0.25, 0.3) is 0 Å². The Morgan fingerprint density at radius 3 is 1.13 bits per heavy atom. The molecule has 67 heavy (non-hydrogen) atoms. The molecule has 0 radical (unpaired) electrons. The van der Waals surface area contributed by atoms with Gasteiger partial charge in [-0.15, -0.1) is 10.2 Å². The van der Waals surface area contributed by atoms with E-state index in [1.165, 1.54) is 0 Å². The molecule has 0 saturated heterocycles. The van der Waals surface area contributed by atoms with Crippen LogP contribution in [-0.2, 0) is 0 Å². The lowest BCUT2D eigenvalue weighted by molar-refractivity contribution is 0.953. The van der Waals surface area contributed by atoms with Gasteiger partial charge >= 0.3 is 0 Å². The molecule has 0 aliphatic carbocycles. The Kier molecular flexibility index (Phi) is 9.14. The van der Waals surface area contributed by atoms with Crippen molar-refractivity contribution in [3.05, 3.63) is 212 Å². The average Bonchev–Trinajstić information content (AvgIpc) is 4.13. The van der Waals surface area contributed by atoms with E-state index < -0.39 is 0 Å². The van der Waals surface area contributed by atoms with Gasteiger partial charge in [-0.25, -0.2) is 15.0 Å². The Balaban J connectivity index is 1.02. The highest BCUT2D eigenvalue weighted by Gasteiger charge is 2.25. The van der Waals surface area contributed by atoms with Crippen molar-refractivity contribution in [2.45, 2.75) is 0 Å². The van der Waals surface area contributed by atoms with E-state index in [2.05, 4.69) is 124 Å². The molecule has 9 nitrogen and oxygen atoms in total. The van der Waals surface area contributed by atoms with Gasteiger partial charge < -0.3 is 0 Å². The Bertz CT molecular complexity index is 3600. The van der Waals surface area contributed by atoms with Gasteiger partial charge in [0.05, 0.1) is 33.5 Å². The first kappa shape index (κ1) is 38.5. The first-order valence-electron chi connectivity index (χ1n) is 22.0. The standard InChI is InChI=1S/C57H35N9S/c1-5-19-36(20-6-1)46-35-47(37-21-7-2-8-22-37)59-56(58-46)65-48-33-15-13-27-40(48)42-29-17-31-44(50(42)65)54-63-64-55(67-54)45-32-18-30-43-41-28-14-16-34-49(41)66(51(43)45)57-61-52(38-23-9-3-10-24-38)60-53(62-57)39-25-11-4-12-26-39/h1-35H. The predicted molar refractivity (Wildman–Crippen MR) is 270 cm³/mol. The third kappa shape index (κ3) is 6.57. The van der Waals surface area contributed by atoms with E-state index >= 15 is 0 Å². The summed E-state index contributed by atoms with van der Waals surface area (Å²) in [6.07, 6.45) is 0. The second kappa shape index (κ2) is 15.9. The minimum Gasteiger partial charge on any atom is -0.277 e. The second-order valence-corrected chi connectivity index (χ2v) is 17.2. The van der Waals surface area contributed by atoms with E-state index in [-0.39, 0.29) is 0 Å². The van der Waals surface area contributed by atoms with Crippen molar-refractivity contribution >= 4 is 54.9 Å². The molecule has 5 heterocycles. The summed E-state index contributed by atoms with van der Waals surface area (Å²) in [5.41, 5.74) is 11.2. The van der Waals surface area contributed by atoms with Crippen LogP contribution in [-0.4, -0.2) is 44.3 Å². The van der Waals surface area contributed by atoms with Crippen LogP contribution < -0.4 is 0 Å². The van der Waals surface area contributed by atoms with E-state index in [4.69, 9.17) is 35.1 Å². The predicted octanol–water partition coefficient (Wildman–Crippen LogP) is 13.7. The topological polar surface area (TPSA) is 100 Å². The highest BCUT2D eigenvalue weighted by molar-refractivity contribution is 7.18. The highest BCUT2D eigenvalue weighted by Crippen LogP contribution is 2.43. The molecule has 10 heteroatoms. The summed E-state index contributed by atoms with van der Waals surface area (Å²) in [5.74, 6) is 2.26. The van der Waals surface area contributed by atoms with Crippen molar-refractivity contribution in [3.63, 3.8) is 0 Å². The number of rotatable bonds is 8. The molecule has 0 bridgehead atoms. The van der Waals surface area contributed by atoms with Gasteiger partial charge in [0, 0.05) is 54.9 Å². The summed E-state index contributed by atoms with van der Waals surface area (Å²) in [7, 11) is 0. The molecular formula is C57H35N9S. The molecule has 8 aromatic carbocycles. The Labute approximate surface area is 388 Å². The molecule has 13 aromatic rings. The lowest BCUT2D eigenvalue weighted by Crippen LogP contribution is -2.06. The average molecular weight is 878 g/mol. The molecule has 0 fully saturated rings. The van der Waals surface area contributed by atoms with Crippen molar-refractivity contribution in [1.82, 2.24) is 44.3 Å². The number of benzene rings is 8. The lowest BCUT2D eigenvalue weighted by Gasteiger charge is -2.13. The number of hydrogen-bond acceptors (Lipinski definition) is 8. The van der Waals surface area contributed by atoms with E-state index in [0.717, 1.165) is 98.4 Å². The monoisotopic (exact) mass is 877 g/mol. The van der Waals surface area contributed by atoms with Gasteiger partial charge in [-0.3, -0.25) is 9.13 Å². The third-order valence-corrected chi connectivity index (χ3v) is 13.2. The smallest absolute Gasteiger partial charge is 0.238 e. The third-order valence-electron chi connectivity index (χ3n) is 12.2. The largest absolute Gasteiger partial charge is 0.277 e. The number of hydrogen-bond donors (Lipinski definition) is 0. The van der Waals surface area contributed by atoms with Gasteiger partial charge in [0.15, 0.2) is 11.6 Å². The summed E-state index contributed by atoms with van der Waals surface area (Å²) < 4.78 is 4.34. The van der Waals surface area contributed by atoms with E-state index in [0.29, 0.717) is 23.5 Å². The van der Waals surface area contributed by atoms with E-state index in [1.54, 1.807) is 11.3 Å². The summed E-state index contributed by atoms with van der Waals surface area (Å²) in [6.45, 7) is 0. The second-order valence-electron chi connectivity index (χ2n) is 16.2. The van der Waals surface area contributed by atoms with Crippen molar-refractivity contribution in [2.24, 2.45) is 0 Å². The summed E-state index contributed by atoms with van der Waals surface area (Å²) in [4.78, 5) is 26.0. The van der Waals surface area contributed by atoms with Crippen LogP contribution in [0.3, 0.4) is 0 Å². The Morgan fingerprint density at radius 1 is 0.313 bits per heavy atom. The van der Waals surface area contributed by atoms with E-state index in [9.17, 15) is 0 Å². The fourth-order valence-corrected chi connectivity index (χ4v) is 10.1. The van der Waals surface area contributed by atoms with Crippen LogP contribution in [0, 0.1) is 0 Å². The molecule has 0 atom stereocenters. The van der Waals surface area contributed by atoms with Gasteiger partial charge in [0.2, 0.25) is 11.9 Å². The lowest BCUT2D eigenvalue weighted by atomic mass is 10.1. The fourth-order valence-electron chi connectivity index (χ4n) is 9.18. The molecule has 0 unspecified atom stereocenters. The maximum Gasteiger partial charge on any atom is 0.238 e. The molecule has 314 valence electrons. The number of aromatic nitrogens is 9. The summed E-state index contributed by atoms with van der Waals surface area (Å²) in [5, 5.41) is 15.8. The minimum absolute atomic E-state index is 0.512. The Hall–Kier alpha value is -8.99. The number of fused-ring (bicyclic) bond motifs is 6.